The molecule has 1 unspecified atom stereocenters. The number of phenolic OH excluding ortho intramolecular Hbond substituents is 1. The van der Waals surface area contributed by atoms with Crippen LogP contribution in [0.3, 0.4) is 0 Å². The molecule has 0 aromatic heterocycles. The van der Waals surface area contributed by atoms with E-state index in [1.165, 1.54) is 13.2 Å². The number of aromatic hydroxyl groups is 1. The minimum absolute atomic E-state index is 0.0356. The third-order valence-electron chi connectivity index (χ3n) is 3.21. The smallest absolute Gasteiger partial charge is 0.257 e. The Labute approximate surface area is 106 Å². The molecule has 0 saturated carbocycles. The van der Waals surface area contributed by atoms with Crippen molar-refractivity contribution in [3.63, 3.8) is 0 Å². The van der Waals surface area contributed by atoms with Crippen LogP contribution in [0.15, 0.2) is 18.2 Å². The summed E-state index contributed by atoms with van der Waals surface area (Å²) in [6.07, 6.45) is 0.826. The van der Waals surface area contributed by atoms with Crippen LogP contribution in [0.4, 0.5) is 0 Å². The molecule has 1 saturated heterocycles. The zero-order valence-corrected chi connectivity index (χ0v) is 10.5. The lowest BCUT2D eigenvalue weighted by molar-refractivity contribution is 0.0708. The molecule has 1 amide bonds. The number of hydrogen-bond donors (Lipinski definition) is 1. The number of phenols is 1. The monoisotopic (exact) mass is 251 g/mol. The largest absolute Gasteiger partial charge is 0.507 e. The van der Waals surface area contributed by atoms with Gasteiger partial charge in [0.2, 0.25) is 0 Å². The lowest BCUT2D eigenvalue weighted by atomic mass is 10.1. The van der Waals surface area contributed by atoms with Gasteiger partial charge < -0.3 is 19.5 Å². The number of amides is 1. The van der Waals surface area contributed by atoms with Gasteiger partial charge in [0.25, 0.3) is 5.91 Å². The van der Waals surface area contributed by atoms with E-state index in [4.69, 9.17) is 9.47 Å². The van der Waals surface area contributed by atoms with E-state index in [1.807, 2.05) is 0 Å². The summed E-state index contributed by atoms with van der Waals surface area (Å²) in [5, 5.41) is 9.76. The van der Waals surface area contributed by atoms with Crippen LogP contribution in [-0.2, 0) is 4.74 Å². The van der Waals surface area contributed by atoms with E-state index < -0.39 is 0 Å². The lowest BCUT2D eigenvalue weighted by Gasteiger charge is -2.23. The van der Waals surface area contributed by atoms with Crippen molar-refractivity contribution in [2.24, 2.45) is 0 Å². The molecule has 1 aliphatic heterocycles. The molecule has 1 N–H and O–H groups in total. The van der Waals surface area contributed by atoms with E-state index in [0.29, 0.717) is 19.0 Å². The Balaban J connectivity index is 2.21. The first-order chi connectivity index (χ1) is 8.63. The van der Waals surface area contributed by atoms with Crippen LogP contribution < -0.4 is 4.74 Å². The minimum atomic E-state index is -0.220. The molecular weight excluding hydrogens is 234 g/mol. The first-order valence-corrected chi connectivity index (χ1v) is 5.85. The maximum atomic E-state index is 12.3. The van der Waals surface area contributed by atoms with Crippen molar-refractivity contribution in [1.82, 2.24) is 4.90 Å². The Kier molecular flexibility index (Phi) is 3.72. The minimum Gasteiger partial charge on any atom is -0.507 e. The van der Waals surface area contributed by atoms with Gasteiger partial charge in [-0.3, -0.25) is 4.79 Å². The molecule has 1 fully saturated rings. The highest BCUT2D eigenvalue weighted by atomic mass is 16.5. The van der Waals surface area contributed by atoms with Crippen molar-refractivity contribution in [3.05, 3.63) is 23.8 Å². The maximum absolute atomic E-state index is 12.3. The second-order valence-corrected chi connectivity index (χ2v) is 4.32. The summed E-state index contributed by atoms with van der Waals surface area (Å²) >= 11 is 0. The Morgan fingerprint density at radius 3 is 2.94 bits per heavy atom. The zero-order valence-electron chi connectivity index (χ0n) is 10.5. The van der Waals surface area contributed by atoms with Crippen molar-refractivity contribution in [3.8, 4) is 11.5 Å². The van der Waals surface area contributed by atoms with Crippen LogP contribution in [-0.4, -0.2) is 49.3 Å². The Bertz CT molecular complexity index is 441. The fourth-order valence-corrected chi connectivity index (χ4v) is 2.00. The summed E-state index contributed by atoms with van der Waals surface area (Å²) in [6.45, 7) is 1.22. The molecule has 1 aromatic rings. The Morgan fingerprint density at radius 1 is 1.56 bits per heavy atom. The zero-order chi connectivity index (χ0) is 13.1. The molecule has 2 rings (SSSR count). The van der Waals surface area contributed by atoms with Gasteiger partial charge >= 0.3 is 0 Å². The fraction of sp³-hybridized carbons (Fsp3) is 0.462. The number of ether oxygens (including phenoxy) is 2. The molecule has 0 radical (unpaired) electrons. The van der Waals surface area contributed by atoms with E-state index in [2.05, 4.69) is 0 Å². The van der Waals surface area contributed by atoms with E-state index in [9.17, 15) is 9.90 Å². The predicted octanol–water partition coefficient (Wildman–Crippen LogP) is 1.26. The summed E-state index contributed by atoms with van der Waals surface area (Å²) < 4.78 is 10.3. The van der Waals surface area contributed by atoms with Gasteiger partial charge in [-0.15, -0.1) is 0 Å². The average Bonchev–Trinajstić information content (AvgIpc) is 2.91. The van der Waals surface area contributed by atoms with Crippen LogP contribution >= 0.6 is 0 Å². The quantitative estimate of drug-likeness (QED) is 0.878. The van der Waals surface area contributed by atoms with E-state index in [1.54, 1.807) is 24.1 Å². The number of benzene rings is 1. The molecule has 1 atom stereocenters. The average molecular weight is 251 g/mol. The number of carbonyl (C=O) groups is 1. The predicted molar refractivity (Wildman–Crippen MR) is 66.0 cm³/mol. The van der Waals surface area contributed by atoms with E-state index >= 15 is 0 Å². The van der Waals surface area contributed by atoms with E-state index in [-0.39, 0.29) is 23.3 Å². The van der Waals surface area contributed by atoms with E-state index in [0.717, 1.165) is 6.42 Å². The van der Waals surface area contributed by atoms with Gasteiger partial charge in [-0.1, -0.05) is 0 Å². The summed E-state index contributed by atoms with van der Waals surface area (Å²) in [4.78, 5) is 13.9. The van der Waals surface area contributed by atoms with Crippen molar-refractivity contribution in [2.45, 2.75) is 12.5 Å². The number of nitrogens with zero attached hydrogens (tertiary/aromatic N) is 1. The first kappa shape index (κ1) is 12.7. The lowest BCUT2D eigenvalue weighted by Crippen LogP contribution is -2.37. The molecule has 98 valence electrons. The molecule has 1 heterocycles. The Hall–Kier alpha value is -1.75. The van der Waals surface area contributed by atoms with Crippen molar-refractivity contribution in [1.29, 1.82) is 0 Å². The normalized spacial score (nSPS) is 18.7. The van der Waals surface area contributed by atoms with Crippen LogP contribution in [0.1, 0.15) is 16.8 Å². The molecule has 5 nitrogen and oxygen atoms in total. The standard InChI is InChI=1S/C13H17NO4/c1-14(9-5-6-18-8-9)13(16)11-7-10(17-2)3-4-12(11)15/h3-4,7,9,15H,5-6,8H2,1-2H3. The van der Waals surface area contributed by atoms with Gasteiger partial charge in [-0.2, -0.15) is 0 Å². The number of hydrogen-bond acceptors (Lipinski definition) is 4. The van der Waals surface area contributed by atoms with Crippen LogP contribution in [0.2, 0.25) is 0 Å². The third kappa shape index (κ3) is 2.41. The first-order valence-electron chi connectivity index (χ1n) is 5.85. The summed E-state index contributed by atoms with van der Waals surface area (Å²) in [5.74, 6) is 0.292. The molecule has 0 spiro atoms. The summed E-state index contributed by atoms with van der Waals surface area (Å²) in [6, 6.07) is 4.70. The van der Waals surface area contributed by atoms with Gasteiger partial charge in [-0.25, -0.2) is 0 Å². The highest BCUT2D eigenvalue weighted by Gasteiger charge is 2.26. The summed E-state index contributed by atoms with van der Waals surface area (Å²) in [7, 11) is 3.25. The molecule has 0 aliphatic carbocycles. The van der Waals surface area contributed by atoms with Crippen molar-refractivity contribution in [2.75, 3.05) is 27.4 Å². The number of carbonyl (C=O) groups excluding carboxylic acids is 1. The van der Waals surface area contributed by atoms with Crippen molar-refractivity contribution < 1.29 is 19.4 Å². The molecule has 0 bridgehead atoms. The molecule has 5 heteroatoms. The van der Waals surface area contributed by atoms with Gasteiger partial charge in [0.15, 0.2) is 0 Å². The van der Waals surface area contributed by atoms with Gasteiger partial charge in [0, 0.05) is 13.7 Å². The highest BCUT2D eigenvalue weighted by molar-refractivity contribution is 5.97. The molecule has 1 aromatic carbocycles. The van der Waals surface area contributed by atoms with Crippen LogP contribution in [0.5, 0.6) is 11.5 Å². The second-order valence-electron chi connectivity index (χ2n) is 4.32. The second kappa shape index (κ2) is 5.27. The number of methoxy groups -OCH3 is 1. The topological polar surface area (TPSA) is 59.0 Å². The maximum Gasteiger partial charge on any atom is 0.257 e. The molecule has 1 aliphatic rings. The highest BCUT2D eigenvalue weighted by Crippen LogP contribution is 2.25. The summed E-state index contributed by atoms with van der Waals surface area (Å²) in [5.41, 5.74) is 0.253. The third-order valence-corrected chi connectivity index (χ3v) is 3.21. The van der Waals surface area contributed by atoms with Crippen molar-refractivity contribution >= 4 is 5.91 Å². The molecule has 18 heavy (non-hydrogen) atoms. The Morgan fingerprint density at radius 2 is 2.33 bits per heavy atom. The van der Waals surface area contributed by atoms with Gasteiger partial charge in [0.1, 0.15) is 11.5 Å². The van der Waals surface area contributed by atoms with Gasteiger partial charge in [-0.05, 0) is 24.6 Å². The molecular formula is C13H17NO4. The van der Waals surface area contributed by atoms with Crippen LogP contribution in [0, 0.1) is 0 Å². The number of rotatable bonds is 3. The van der Waals surface area contributed by atoms with Crippen LogP contribution in [0.25, 0.3) is 0 Å². The SMILES string of the molecule is COc1ccc(O)c(C(=O)N(C)C2CCOC2)c1. The number of likely N-dealkylation sites (N-methyl/N-ethyl adjacent to an activating group) is 1. The van der Waals surface area contributed by atoms with Gasteiger partial charge in [0.05, 0.1) is 25.3 Å². The fourth-order valence-electron chi connectivity index (χ4n) is 2.00.